The molecule has 0 radical (unpaired) electrons. The Kier molecular flexibility index (Phi) is 5.18. The van der Waals surface area contributed by atoms with E-state index in [4.69, 9.17) is 4.74 Å². The van der Waals surface area contributed by atoms with Crippen molar-refractivity contribution in [1.29, 1.82) is 0 Å². The maximum atomic E-state index is 12.8. The van der Waals surface area contributed by atoms with Crippen molar-refractivity contribution >= 4 is 17.7 Å². The molecule has 3 amide bonds. The summed E-state index contributed by atoms with van der Waals surface area (Å²) in [6.45, 7) is 5.07. The first-order chi connectivity index (χ1) is 12.0. The highest BCUT2D eigenvalue weighted by Crippen LogP contribution is 2.27. The Morgan fingerprint density at radius 1 is 1.24 bits per heavy atom. The Morgan fingerprint density at radius 3 is 2.40 bits per heavy atom. The molecular formula is C19H24N2O4. The van der Waals surface area contributed by atoms with Crippen molar-refractivity contribution in [2.45, 2.75) is 45.3 Å². The van der Waals surface area contributed by atoms with Crippen molar-refractivity contribution in [3.63, 3.8) is 0 Å². The molecule has 25 heavy (non-hydrogen) atoms. The van der Waals surface area contributed by atoms with Crippen molar-refractivity contribution in [3.05, 3.63) is 35.4 Å². The van der Waals surface area contributed by atoms with Gasteiger partial charge in [-0.3, -0.25) is 19.3 Å². The molecule has 0 bridgehead atoms. The molecule has 1 aromatic carbocycles. The molecule has 1 aromatic rings. The maximum absolute atomic E-state index is 12.8. The van der Waals surface area contributed by atoms with Crippen LogP contribution in [0.15, 0.2) is 24.3 Å². The summed E-state index contributed by atoms with van der Waals surface area (Å²) in [7, 11) is 0. The average molecular weight is 344 g/mol. The highest BCUT2D eigenvalue weighted by atomic mass is 16.5. The van der Waals surface area contributed by atoms with Gasteiger partial charge in [-0.15, -0.1) is 0 Å². The van der Waals surface area contributed by atoms with Gasteiger partial charge in [0.05, 0.1) is 17.2 Å². The van der Waals surface area contributed by atoms with Crippen LogP contribution in [-0.2, 0) is 9.53 Å². The summed E-state index contributed by atoms with van der Waals surface area (Å²) in [5.74, 6) is -0.904. The summed E-state index contributed by atoms with van der Waals surface area (Å²) in [5, 5.41) is 2.86. The minimum atomic E-state index is -0.797. The molecule has 1 fully saturated rings. The molecule has 0 aliphatic carbocycles. The lowest BCUT2D eigenvalue weighted by Gasteiger charge is -2.27. The Hall–Kier alpha value is -2.21. The molecule has 3 rings (SSSR count). The second-order valence-electron chi connectivity index (χ2n) is 7.05. The molecule has 2 aliphatic rings. The molecule has 0 unspecified atom stereocenters. The first-order valence-corrected chi connectivity index (χ1v) is 8.85. The van der Waals surface area contributed by atoms with Gasteiger partial charge in [0.15, 0.2) is 0 Å². The van der Waals surface area contributed by atoms with Crippen molar-refractivity contribution in [2.75, 3.05) is 13.2 Å². The molecule has 2 heterocycles. The fourth-order valence-corrected chi connectivity index (χ4v) is 3.40. The number of carbonyl (C=O) groups excluding carboxylic acids is 3. The minimum Gasteiger partial charge on any atom is -0.376 e. The molecule has 6 nitrogen and oxygen atoms in total. The number of hydrogen-bond donors (Lipinski definition) is 1. The number of nitrogens with one attached hydrogen (secondary N) is 1. The predicted molar refractivity (Wildman–Crippen MR) is 92.2 cm³/mol. The van der Waals surface area contributed by atoms with E-state index < -0.39 is 17.9 Å². The van der Waals surface area contributed by atoms with Crippen molar-refractivity contribution in [1.82, 2.24) is 10.2 Å². The lowest BCUT2D eigenvalue weighted by Crippen LogP contribution is -2.51. The Bertz CT molecular complexity index is 645. The van der Waals surface area contributed by atoms with Crippen molar-refractivity contribution in [3.8, 4) is 0 Å². The number of carbonyl (C=O) groups is 3. The van der Waals surface area contributed by atoms with E-state index in [2.05, 4.69) is 5.32 Å². The van der Waals surface area contributed by atoms with E-state index >= 15 is 0 Å². The number of amides is 3. The van der Waals surface area contributed by atoms with Crippen LogP contribution in [0.5, 0.6) is 0 Å². The smallest absolute Gasteiger partial charge is 0.262 e. The predicted octanol–water partition coefficient (Wildman–Crippen LogP) is 1.99. The minimum absolute atomic E-state index is 0.0193. The third-order valence-corrected chi connectivity index (χ3v) is 4.66. The molecule has 0 saturated carbocycles. The van der Waals surface area contributed by atoms with Gasteiger partial charge in [0, 0.05) is 13.2 Å². The summed E-state index contributed by atoms with van der Waals surface area (Å²) >= 11 is 0. The monoisotopic (exact) mass is 344 g/mol. The molecule has 1 saturated heterocycles. The average Bonchev–Trinajstić information content (AvgIpc) is 3.19. The van der Waals surface area contributed by atoms with Gasteiger partial charge >= 0.3 is 0 Å². The third-order valence-electron chi connectivity index (χ3n) is 4.66. The quantitative estimate of drug-likeness (QED) is 0.801. The fourth-order valence-electron chi connectivity index (χ4n) is 3.40. The Balaban J connectivity index is 1.77. The van der Waals surface area contributed by atoms with Crippen LogP contribution in [-0.4, -0.2) is 47.9 Å². The lowest BCUT2D eigenvalue weighted by atomic mass is 10.0. The zero-order valence-corrected chi connectivity index (χ0v) is 14.7. The number of rotatable bonds is 6. The molecule has 134 valence electrons. The van der Waals surface area contributed by atoms with Crippen LogP contribution >= 0.6 is 0 Å². The van der Waals surface area contributed by atoms with Crippen LogP contribution in [0, 0.1) is 5.92 Å². The Morgan fingerprint density at radius 2 is 1.88 bits per heavy atom. The fraction of sp³-hybridized carbons (Fsp3) is 0.526. The van der Waals surface area contributed by atoms with Crippen LogP contribution in [0.4, 0.5) is 0 Å². The number of fused-ring (bicyclic) bond motifs is 1. The number of hydrogen-bond acceptors (Lipinski definition) is 4. The van der Waals surface area contributed by atoms with Gasteiger partial charge in [0.2, 0.25) is 5.91 Å². The molecule has 2 atom stereocenters. The van der Waals surface area contributed by atoms with E-state index in [1.165, 1.54) is 0 Å². The van der Waals surface area contributed by atoms with Crippen LogP contribution < -0.4 is 5.32 Å². The van der Waals surface area contributed by atoms with Crippen LogP contribution in [0.25, 0.3) is 0 Å². The van der Waals surface area contributed by atoms with E-state index in [9.17, 15) is 14.4 Å². The summed E-state index contributed by atoms with van der Waals surface area (Å²) in [4.78, 5) is 39.3. The number of imide groups is 1. The number of ether oxygens (including phenoxy) is 1. The lowest BCUT2D eigenvalue weighted by molar-refractivity contribution is -0.126. The Labute approximate surface area is 147 Å². The molecule has 0 spiro atoms. The van der Waals surface area contributed by atoms with Crippen molar-refractivity contribution < 1.29 is 19.1 Å². The standard InChI is InChI=1S/C19H24N2O4/c1-12(2)10-16(17(22)20-11-13-6-5-9-25-13)21-18(23)14-7-3-4-8-15(14)19(21)24/h3-4,7-8,12-13,16H,5-6,9-11H2,1-2H3,(H,20,22)/t13-,16-/m0/s1. The number of benzene rings is 1. The number of nitrogens with zero attached hydrogens (tertiary/aromatic N) is 1. The molecule has 1 N–H and O–H groups in total. The maximum Gasteiger partial charge on any atom is 0.262 e. The van der Waals surface area contributed by atoms with E-state index in [1.54, 1.807) is 24.3 Å². The third kappa shape index (κ3) is 3.58. The van der Waals surface area contributed by atoms with Gasteiger partial charge in [-0.2, -0.15) is 0 Å². The second-order valence-corrected chi connectivity index (χ2v) is 7.05. The van der Waals surface area contributed by atoms with Crippen LogP contribution in [0.2, 0.25) is 0 Å². The highest BCUT2D eigenvalue weighted by molar-refractivity contribution is 6.22. The zero-order valence-electron chi connectivity index (χ0n) is 14.7. The summed E-state index contributed by atoms with van der Waals surface area (Å²) < 4.78 is 5.52. The largest absolute Gasteiger partial charge is 0.376 e. The van der Waals surface area contributed by atoms with Gasteiger partial charge < -0.3 is 10.1 Å². The van der Waals surface area contributed by atoms with Gasteiger partial charge in [-0.1, -0.05) is 26.0 Å². The SMILES string of the molecule is CC(C)C[C@@H](C(=O)NC[C@@H]1CCCO1)N1C(=O)c2ccccc2C1=O. The normalized spacial score (nSPS) is 20.9. The van der Waals surface area contributed by atoms with Crippen LogP contribution in [0.3, 0.4) is 0 Å². The molecule has 0 aromatic heterocycles. The summed E-state index contributed by atoms with van der Waals surface area (Å²) in [6.07, 6.45) is 2.37. The first-order valence-electron chi connectivity index (χ1n) is 8.85. The van der Waals surface area contributed by atoms with Gasteiger partial charge in [-0.05, 0) is 37.3 Å². The molecular weight excluding hydrogens is 320 g/mol. The van der Waals surface area contributed by atoms with E-state index in [1.807, 2.05) is 13.8 Å². The van der Waals surface area contributed by atoms with Crippen molar-refractivity contribution in [2.24, 2.45) is 5.92 Å². The molecule has 2 aliphatic heterocycles. The first kappa shape index (κ1) is 17.6. The van der Waals surface area contributed by atoms with Gasteiger partial charge in [0.25, 0.3) is 11.8 Å². The highest BCUT2D eigenvalue weighted by Gasteiger charge is 2.42. The zero-order chi connectivity index (χ0) is 18.0. The molecule has 6 heteroatoms. The second kappa shape index (κ2) is 7.35. The van der Waals surface area contributed by atoms with E-state index in [0.717, 1.165) is 17.7 Å². The summed E-state index contributed by atoms with van der Waals surface area (Å²) in [6, 6.07) is 5.91. The van der Waals surface area contributed by atoms with Gasteiger partial charge in [0.1, 0.15) is 6.04 Å². The van der Waals surface area contributed by atoms with E-state index in [-0.39, 0.29) is 17.9 Å². The van der Waals surface area contributed by atoms with E-state index in [0.29, 0.717) is 30.7 Å². The topological polar surface area (TPSA) is 75.7 Å². The van der Waals surface area contributed by atoms with Crippen LogP contribution in [0.1, 0.15) is 53.8 Å². The summed E-state index contributed by atoms with van der Waals surface area (Å²) in [5.41, 5.74) is 0.737. The van der Waals surface area contributed by atoms with Gasteiger partial charge in [-0.25, -0.2) is 0 Å².